The number of carbonyl (C=O) groups excluding carboxylic acids is 1. The molecule has 7 heteroatoms. The zero-order valence-corrected chi connectivity index (χ0v) is 13.9. The fourth-order valence-electron chi connectivity index (χ4n) is 3.04. The topological polar surface area (TPSA) is 66.9 Å². The van der Waals surface area contributed by atoms with Crippen LogP contribution in [0.1, 0.15) is 5.56 Å². The van der Waals surface area contributed by atoms with Crippen molar-refractivity contribution in [2.75, 3.05) is 37.9 Å². The number of aromatic nitrogens is 1. The summed E-state index contributed by atoms with van der Waals surface area (Å²) in [5.74, 6) is 1.58. The van der Waals surface area contributed by atoms with E-state index in [1.54, 1.807) is 12.4 Å². The van der Waals surface area contributed by atoms with E-state index in [-0.39, 0.29) is 12.8 Å². The molecule has 0 radical (unpaired) electrons. The summed E-state index contributed by atoms with van der Waals surface area (Å²) in [4.78, 5) is 20.4. The highest BCUT2D eigenvalue weighted by Crippen LogP contribution is 2.35. The summed E-state index contributed by atoms with van der Waals surface area (Å²) in [5, 5.41) is 2.96. The van der Waals surface area contributed by atoms with Crippen LogP contribution in [0.4, 0.5) is 10.5 Å². The standard InChI is InChI=1S/C18H20N4O3/c23-18(20-12-14-3-5-19-6-4-14)22-9-7-21(8-10-22)15-1-2-16-17(11-15)25-13-24-16/h1-6,11H,7-10,12-13H2,(H,20,23). The number of rotatable bonds is 3. The number of nitrogens with one attached hydrogen (secondary N) is 1. The van der Waals surface area contributed by atoms with Crippen LogP contribution in [0, 0.1) is 0 Å². The van der Waals surface area contributed by atoms with Gasteiger partial charge in [0, 0.05) is 56.9 Å². The van der Waals surface area contributed by atoms with Crippen LogP contribution < -0.4 is 19.7 Å². The number of hydrogen-bond acceptors (Lipinski definition) is 5. The monoisotopic (exact) mass is 340 g/mol. The van der Waals surface area contributed by atoms with E-state index in [2.05, 4.69) is 15.2 Å². The van der Waals surface area contributed by atoms with Crippen molar-refractivity contribution < 1.29 is 14.3 Å². The van der Waals surface area contributed by atoms with Gasteiger partial charge in [0.1, 0.15) is 0 Å². The van der Waals surface area contributed by atoms with Gasteiger partial charge in [-0.3, -0.25) is 4.98 Å². The van der Waals surface area contributed by atoms with Crippen LogP contribution in [0.2, 0.25) is 0 Å². The van der Waals surface area contributed by atoms with Crippen LogP contribution in [-0.2, 0) is 6.54 Å². The fraction of sp³-hybridized carbons (Fsp3) is 0.333. The van der Waals surface area contributed by atoms with Crippen molar-refractivity contribution in [1.29, 1.82) is 0 Å². The number of pyridine rings is 1. The number of anilines is 1. The number of benzene rings is 1. The zero-order valence-electron chi connectivity index (χ0n) is 13.9. The summed E-state index contributed by atoms with van der Waals surface area (Å²) in [6.07, 6.45) is 3.46. The third kappa shape index (κ3) is 3.45. The Kier molecular flexibility index (Phi) is 4.28. The Hall–Kier alpha value is -2.96. The average molecular weight is 340 g/mol. The fourth-order valence-corrected chi connectivity index (χ4v) is 3.04. The van der Waals surface area contributed by atoms with Gasteiger partial charge >= 0.3 is 6.03 Å². The Balaban J connectivity index is 1.30. The van der Waals surface area contributed by atoms with Crippen LogP contribution in [0.3, 0.4) is 0 Å². The molecule has 0 spiro atoms. The van der Waals surface area contributed by atoms with Gasteiger partial charge in [-0.2, -0.15) is 0 Å². The lowest BCUT2D eigenvalue weighted by atomic mass is 10.2. The predicted octanol–water partition coefficient (Wildman–Crippen LogP) is 1.84. The number of hydrogen-bond donors (Lipinski definition) is 1. The molecular weight excluding hydrogens is 320 g/mol. The highest BCUT2D eigenvalue weighted by Gasteiger charge is 2.22. The normalized spacial score (nSPS) is 16.0. The number of carbonyl (C=O) groups is 1. The van der Waals surface area contributed by atoms with Crippen LogP contribution in [0.5, 0.6) is 11.5 Å². The molecule has 2 aliphatic rings. The molecule has 2 aromatic rings. The zero-order chi connectivity index (χ0) is 17.1. The van der Waals surface area contributed by atoms with E-state index in [0.29, 0.717) is 19.6 Å². The van der Waals surface area contributed by atoms with Gasteiger partial charge in [0.15, 0.2) is 11.5 Å². The first kappa shape index (κ1) is 15.6. The van der Waals surface area contributed by atoms with Crippen molar-refractivity contribution in [3.8, 4) is 11.5 Å². The minimum atomic E-state index is -0.0258. The Labute approximate surface area is 146 Å². The molecule has 0 atom stereocenters. The van der Waals surface area contributed by atoms with Gasteiger partial charge in [0.05, 0.1) is 0 Å². The second-order valence-electron chi connectivity index (χ2n) is 6.03. The summed E-state index contributed by atoms with van der Waals surface area (Å²) in [6.45, 7) is 3.77. The molecular formula is C18H20N4O3. The van der Waals surface area contributed by atoms with E-state index in [1.165, 1.54) is 0 Å². The summed E-state index contributed by atoms with van der Waals surface area (Å²) in [5.41, 5.74) is 2.14. The van der Waals surface area contributed by atoms with Crippen molar-refractivity contribution >= 4 is 11.7 Å². The van der Waals surface area contributed by atoms with Crippen LogP contribution in [0.25, 0.3) is 0 Å². The summed E-state index contributed by atoms with van der Waals surface area (Å²) < 4.78 is 10.8. The van der Waals surface area contributed by atoms with Crippen LogP contribution in [-0.4, -0.2) is 48.9 Å². The molecule has 0 unspecified atom stereocenters. The van der Waals surface area contributed by atoms with E-state index >= 15 is 0 Å². The molecule has 2 amide bonds. The number of piperazine rings is 1. The van der Waals surface area contributed by atoms with Crippen LogP contribution >= 0.6 is 0 Å². The highest BCUT2D eigenvalue weighted by molar-refractivity contribution is 5.74. The molecule has 0 aliphatic carbocycles. The van der Waals surface area contributed by atoms with Crippen molar-refractivity contribution in [2.45, 2.75) is 6.54 Å². The summed E-state index contributed by atoms with van der Waals surface area (Å²) >= 11 is 0. The second-order valence-corrected chi connectivity index (χ2v) is 6.03. The lowest BCUT2D eigenvalue weighted by Crippen LogP contribution is -2.51. The van der Waals surface area contributed by atoms with E-state index < -0.39 is 0 Å². The van der Waals surface area contributed by atoms with Gasteiger partial charge in [0.2, 0.25) is 6.79 Å². The molecule has 7 nitrogen and oxygen atoms in total. The molecule has 2 aliphatic heterocycles. The predicted molar refractivity (Wildman–Crippen MR) is 92.8 cm³/mol. The van der Waals surface area contributed by atoms with E-state index in [0.717, 1.165) is 35.8 Å². The second kappa shape index (κ2) is 6.88. The van der Waals surface area contributed by atoms with E-state index in [1.807, 2.05) is 35.2 Å². The maximum Gasteiger partial charge on any atom is 0.317 e. The Morgan fingerprint density at radius 3 is 2.60 bits per heavy atom. The molecule has 0 saturated carbocycles. The number of nitrogens with zero attached hydrogens (tertiary/aromatic N) is 3. The molecule has 0 bridgehead atoms. The lowest BCUT2D eigenvalue weighted by Gasteiger charge is -2.36. The molecule has 1 N–H and O–H groups in total. The van der Waals surface area contributed by atoms with E-state index in [9.17, 15) is 4.79 Å². The molecule has 25 heavy (non-hydrogen) atoms. The van der Waals surface area contributed by atoms with Crippen molar-refractivity contribution in [2.24, 2.45) is 0 Å². The van der Waals surface area contributed by atoms with Gasteiger partial charge in [-0.15, -0.1) is 0 Å². The summed E-state index contributed by atoms with van der Waals surface area (Å²) in [7, 11) is 0. The third-order valence-corrected chi connectivity index (χ3v) is 4.48. The number of ether oxygens (including phenoxy) is 2. The molecule has 1 fully saturated rings. The average Bonchev–Trinajstić information content (AvgIpc) is 3.15. The number of urea groups is 1. The maximum absolute atomic E-state index is 12.3. The SMILES string of the molecule is O=C(NCc1ccncc1)N1CCN(c2ccc3c(c2)OCO3)CC1. The first-order valence-corrected chi connectivity index (χ1v) is 8.36. The van der Waals surface area contributed by atoms with E-state index in [4.69, 9.17) is 9.47 Å². The number of fused-ring (bicyclic) bond motifs is 1. The Morgan fingerprint density at radius 2 is 1.80 bits per heavy atom. The molecule has 1 aromatic heterocycles. The summed E-state index contributed by atoms with van der Waals surface area (Å²) in [6, 6.07) is 9.75. The Bertz CT molecular complexity index is 745. The van der Waals surface area contributed by atoms with Gasteiger partial charge in [-0.05, 0) is 29.8 Å². The van der Waals surface area contributed by atoms with Crippen molar-refractivity contribution in [3.05, 3.63) is 48.3 Å². The minimum Gasteiger partial charge on any atom is -0.454 e. The highest BCUT2D eigenvalue weighted by atomic mass is 16.7. The molecule has 4 rings (SSSR count). The van der Waals surface area contributed by atoms with Gasteiger partial charge in [0.25, 0.3) is 0 Å². The number of amides is 2. The van der Waals surface area contributed by atoms with Gasteiger partial charge in [-0.1, -0.05) is 0 Å². The minimum absolute atomic E-state index is 0.0258. The molecule has 130 valence electrons. The van der Waals surface area contributed by atoms with Gasteiger partial charge in [-0.25, -0.2) is 4.79 Å². The first-order valence-electron chi connectivity index (χ1n) is 8.36. The third-order valence-electron chi connectivity index (χ3n) is 4.48. The van der Waals surface area contributed by atoms with Crippen molar-refractivity contribution in [3.63, 3.8) is 0 Å². The maximum atomic E-state index is 12.3. The largest absolute Gasteiger partial charge is 0.454 e. The quantitative estimate of drug-likeness (QED) is 0.923. The molecule has 1 aromatic carbocycles. The van der Waals surface area contributed by atoms with Crippen molar-refractivity contribution in [1.82, 2.24) is 15.2 Å². The van der Waals surface area contributed by atoms with Crippen LogP contribution in [0.15, 0.2) is 42.7 Å². The molecule has 3 heterocycles. The van der Waals surface area contributed by atoms with Gasteiger partial charge < -0.3 is 24.6 Å². The molecule has 1 saturated heterocycles. The lowest BCUT2D eigenvalue weighted by molar-refractivity contribution is 0.174. The Morgan fingerprint density at radius 1 is 1.04 bits per heavy atom. The smallest absolute Gasteiger partial charge is 0.317 e. The first-order chi connectivity index (χ1) is 12.3.